The number of nitrogens with zero attached hydrogens (tertiary/aromatic N) is 3. The second kappa shape index (κ2) is 10.7. The van der Waals surface area contributed by atoms with Crippen LogP contribution in [0.2, 0.25) is 0 Å². The molecule has 0 saturated carbocycles. The smallest absolute Gasteiger partial charge is 0.339 e. The predicted octanol–water partition coefficient (Wildman–Crippen LogP) is 6.69. The minimum absolute atomic E-state index is 0.140. The first-order valence-electron chi connectivity index (χ1n) is 12.0. The maximum atomic E-state index is 12.3. The van der Waals surface area contributed by atoms with E-state index in [9.17, 15) is 19.4 Å². The van der Waals surface area contributed by atoms with E-state index >= 15 is 0 Å². The quantitative estimate of drug-likeness (QED) is 0.232. The van der Waals surface area contributed by atoms with E-state index in [1.807, 2.05) is 20.0 Å². The fourth-order valence-corrected chi connectivity index (χ4v) is 4.56. The zero-order valence-electron chi connectivity index (χ0n) is 20.1. The maximum Gasteiger partial charge on any atom is 0.339 e. The van der Waals surface area contributed by atoms with Gasteiger partial charge in [-0.25, -0.2) is 4.79 Å². The van der Waals surface area contributed by atoms with E-state index in [0.717, 1.165) is 77.8 Å². The zero-order valence-corrected chi connectivity index (χ0v) is 20.1. The molecule has 2 N–H and O–H groups in total. The zero-order chi connectivity index (χ0) is 24.9. The van der Waals surface area contributed by atoms with E-state index in [1.54, 1.807) is 12.3 Å². The maximum absolute atomic E-state index is 12.3. The van der Waals surface area contributed by atoms with E-state index in [4.69, 9.17) is 9.51 Å². The molecule has 0 bridgehead atoms. The second-order valence-electron chi connectivity index (χ2n) is 8.87. The number of unbranched alkanes of at least 4 members (excludes halogenated alkanes) is 5. The SMILES string of the molecule is Cc1noc(C)c1-c1cnc2c(-c3ccc(C(=O)O)c(O)c3)cn(CCCCCCCCF)c2c1. The summed E-state index contributed by atoms with van der Waals surface area (Å²) in [4.78, 5) is 16.1. The van der Waals surface area contributed by atoms with Gasteiger partial charge in [0.05, 0.1) is 23.4 Å². The third-order valence-corrected chi connectivity index (χ3v) is 6.36. The Kier molecular flexibility index (Phi) is 7.48. The molecule has 0 aliphatic rings. The van der Waals surface area contributed by atoms with Crippen molar-refractivity contribution in [2.24, 2.45) is 0 Å². The fourth-order valence-electron chi connectivity index (χ4n) is 4.56. The van der Waals surface area contributed by atoms with Gasteiger partial charge in [0, 0.05) is 35.6 Å². The number of carboxylic acid groups (broad SMARTS) is 1. The van der Waals surface area contributed by atoms with Crippen LogP contribution in [0.25, 0.3) is 33.3 Å². The summed E-state index contributed by atoms with van der Waals surface area (Å²) in [6.45, 7) is 4.31. The predicted molar refractivity (Wildman–Crippen MR) is 132 cm³/mol. The molecule has 3 aromatic heterocycles. The summed E-state index contributed by atoms with van der Waals surface area (Å²) in [5.41, 5.74) is 5.71. The number of carbonyl (C=O) groups is 1. The monoisotopic (exact) mass is 479 g/mol. The highest BCUT2D eigenvalue weighted by atomic mass is 19.1. The van der Waals surface area contributed by atoms with Crippen LogP contribution in [0.3, 0.4) is 0 Å². The average Bonchev–Trinajstić information content (AvgIpc) is 3.37. The van der Waals surface area contributed by atoms with Crippen LogP contribution in [0.5, 0.6) is 5.75 Å². The minimum atomic E-state index is -1.18. The first-order chi connectivity index (χ1) is 16.9. The molecular formula is C27H30FN3O4. The summed E-state index contributed by atoms with van der Waals surface area (Å²) in [5.74, 6) is -0.730. The van der Waals surface area contributed by atoms with Crippen molar-refractivity contribution in [3.05, 3.63) is 53.7 Å². The lowest BCUT2D eigenvalue weighted by Crippen LogP contribution is -1.97. The Morgan fingerprint density at radius 2 is 1.80 bits per heavy atom. The van der Waals surface area contributed by atoms with E-state index in [-0.39, 0.29) is 18.0 Å². The third kappa shape index (κ3) is 5.21. The van der Waals surface area contributed by atoms with E-state index in [1.165, 1.54) is 12.1 Å². The molecule has 8 heteroatoms. The molecule has 0 aliphatic heterocycles. The van der Waals surface area contributed by atoms with Crippen molar-refractivity contribution in [1.82, 2.24) is 14.7 Å². The number of alkyl halides is 1. The summed E-state index contributed by atoms with van der Waals surface area (Å²) < 4.78 is 19.8. The topological polar surface area (TPSA) is 101 Å². The Morgan fingerprint density at radius 3 is 2.46 bits per heavy atom. The Labute approximate surface area is 203 Å². The molecule has 4 aromatic rings. The van der Waals surface area contributed by atoms with Gasteiger partial charge < -0.3 is 19.3 Å². The van der Waals surface area contributed by atoms with Gasteiger partial charge in [0.1, 0.15) is 17.1 Å². The van der Waals surface area contributed by atoms with Gasteiger partial charge in [-0.1, -0.05) is 36.9 Å². The average molecular weight is 480 g/mol. The lowest BCUT2D eigenvalue weighted by molar-refractivity contribution is 0.0693. The van der Waals surface area contributed by atoms with Gasteiger partial charge in [0.25, 0.3) is 0 Å². The van der Waals surface area contributed by atoms with Gasteiger partial charge in [0.15, 0.2) is 0 Å². The number of phenols is 1. The molecule has 7 nitrogen and oxygen atoms in total. The second-order valence-corrected chi connectivity index (χ2v) is 8.87. The molecule has 0 spiro atoms. The van der Waals surface area contributed by atoms with E-state index < -0.39 is 5.97 Å². The van der Waals surface area contributed by atoms with Gasteiger partial charge >= 0.3 is 5.97 Å². The number of hydrogen-bond donors (Lipinski definition) is 2. The highest BCUT2D eigenvalue weighted by molar-refractivity contribution is 5.97. The molecule has 0 aliphatic carbocycles. The van der Waals surface area contributed by atoms with Crippen molar-refractivity contribution in [3.8, 4) is 28.0 Å². The molecule has 4 rings (SSSR count). The number of aromatic hydroxyl groups is 1. The van der Waals surface area contributed by atoms with E-state index in [0.29, 0.717) is 12.0 Å². The normalized spacial score (nSPS) is 11.4. The van der Waals surface area contributed by atoms with Gasteiger partial charge in [0.2, 0.25) is 0 Å². The molecule has 1 aromatic carbocycles. The van der Waals surface area contributed by atoms with Crippen molar-refractivity contribution in [3.63, 3.8) is 0 Å². The summed E-state index contributed by atoms with van der Waals surface area (Å²) in [5, 5.41) is 23.6. The van der Waals surface area contributed by atoms with Crippen LogP contribution >= 0.6 is 0 Å². The van der Waals surface area contributed by atoms with Crippen molar-refractivity contribution in [2.45, 2.75) is 58.9 Å². The van der Waals surface area contributed by atoms with Gasteiger partial charge in [-0.3, -0.25) is 9.37 Å². The molecule has 0 saturated heterocycles. The molecule has 0 radical (unpaired) electrons. The van der Waals surface area contributed by atoms with E-state index in [2.05, 4.69) is 15.8 Å². The van der Waals surface area contributed by atoms with Crippen LogP contribution < -0.4 is 0 Å². The number of fused-ring (bicyclic) bond motifs is 1. The standard InChI is InChI=1S/C27H30FN3O4/c1-17-25(18(2)35-30-17)20-13-23-26(29-15-20)22(19-9-10-21(27(33)34)24(32)14-19)16-31(23)12-8-6-4-3-5-7-11-28/h9-10,13-16,32H,3-8,11-12H2,1-2H3,(H,33,34). The Hall–Kier alpha value is -3.68. The highest BCUT2D eigenvalue weighted by Gasteiger charge is 2.18. The lowest BCUT2D eigenvalue weighted by Gasteiger charge is -2.07. The molecule has 35 heavy (non-hydrogen) atoms. The van der Waals surface area contributed by atoms with Gasteiger partial charge in [-0.15, -0.1) is 0 Å². The summed E-state index contributed by atoms with van der Waals surface area (Å²) in [7, 11) is 0. The number of hydrogen-bond acceptors (Lipinski definition) is 5. The molecule has 0 amide bonds. The van der Waals surface area contributed by atoms with Crippen molar-refractivity contribution >= 4 is 17.0 Å². The van der Waals surface area contributed by atoms with Crippen molar-refractivity contribution < 1.29 is 23.9 Å². The van der Waals surface area contributed by atoms with Crippen molar-refractivity contribution in [1.29, 1.82) is 0 Å². The van der Waals surface area contributed by atoms with Crippen LogP contribution in [0.1, 0.15) is 60.3 Å². The number of rotatable bonds is 11. The highest BCUT2D eigenvalue weighted by Crippen LogP contribution is 2.35. The summed E-state index contributed by atoms with van der Waals surface area (Å²) >= 11 is 0. The molecular weight excluding hydrogens is 449 g/mol. The third-order valence-electron chi connectivity index (χ3n) is 6.36. The first kappa shape index (κ1) is 24.4. The number of carboxylic acids is 1. The van der Waals surface area contributed by atoms with Crippen LogP contribution in [-0.2, 0) is 6.54 Å². The molecule has 0 unspecified atom stereocenters. The molecule has 0 fully saturated rings. The summed E-state index contributed by atoms with van der Waals surface area (Å²) in [6, 6.07) is 6.64. The molecule has 3 heterocycles. The number of pyridine rings is 1. The van der Waals surface area contributed by atoms with Crippen molar-refractivity contribution in [2.75, 3.05) is 6.67 Å². The largest absolute Gasteiger partial charge is 0.507 e. The van der Waals surface area contributed by atoms with Gasteiger partial charge in [-0.05, 0) is 50.5 Å². The number of benzene rings is 1. The number of aryl methyl sites for hydroxylation is 3. The Morgan fingerprint density at radius 1 is 1.06 bits per heavy atom. The van der Waals surface area contributed by atoms with Gasteiger partial charge in [-0.2, -0.15) is 0 Å². The van der Waals surface area contributed by atoms with Crippen LogP contribution in [0, 0.1) is 13.8 Å². The summed E-state index contributed by atoms with van der Waals surface area (Å²) in [6.07, 6.45) is 9.48. The number of aromatic nitrogens is 3. The van der Waals surface area contributed by atoms with Crippen LogP contribution in [0.15, 0.2) is 41.2 Å². The number of aromatic carboxylic acids is 1. The minimum Gasteiger partial charge on any atom is -0.507 e. The van der Waals surface area contributed by atoms with Crippen LogP contribution in [0.4, 0.5) is 4.39 Å². The lowest BCUT2D eigenvalue weighted by atomic mass is 10.0. The fraction of sp³-hybridized carbons (Fsp3) is 0.370. The van der Waals surface area contributed by atoms with Crippen LogP contribution in [-0.4, -0.2) is 37.6 Å². The molecule has 184 valence electrons. The molecule has 0 atom stereocenters. The Bertz CT molecular complexity index is 1320. The first-order valence-corrected chi connectivity index (χ1v) is 12.0. The Balaban J connectivity index is 1.69. The number of halogens is 1.